The van der Waals surface area contributed by atoms with Crippen molar-refractivity contribution >= 4 is 5.91 Å². The number of nitrogens with two attached hydrogens (primary N) is 1. The van der Waals surface area contributed by atoms with E-state index in [0.717, 1.165) is 27.8 Å². The molecule has 0 fully saturated rings. The number of aryl methyl sites for hydroxylation is 1. The molecular weight excluding hydrogens is 315 g/mol. The van der Waals surface area contributed by atoms with Crippen LogP contribution in [0.15, 0.2) is 60.9 Å². The van der Waals surface area contributed by atoms with E-state index in [1.807, 2.05) is 32.0 Å². The summed E-state index contributed by atoms with van der Waals surface area (Å²) in [4.78, 5) is 16.0. The van der Waals surface area contributed by atoms with Gasteiger partial charge in [0, 0.05) is 23.9 Å². The minimum atomic E-state index is -0.470. The van der Waals surface area contributed by atoms with Crippen LogP contribution in [0.2, 0.25) is 0 Å². The Morgan fingerprint density at radius 3 is 2.48 bits per heavy atom. The molecule has 0 unspecified atom stereocenters. The summed E-state index contributed by atoms with van der Waals surface area (Å²) in [6.07, 6.45) is 3.55. The van der Waals surface area contributed by atoms with E-state index in [1.165, 1.54) is 12.1 Å². The lowest BCUT2D eigenvalue weighted by Gasteiger charge is -2.18. The second kappa shape index (κ2) is 6.85. The number of benzene rings is 2. The molecule has 0 bridgehead atoms. The van der Waals surface area contributed by atoms with Gasteiger partial charge in [0.05, 0.1) is 0 Å². The minimum Gasteiger partial charge on any atom is -0.366 e. The average Bonchev–Trinajstić information content (AvgIpc) is 2.61. The molecule has 3 rings (SSSR count). The summed E-state index contributed by atoms with van der Waals surface area (Å²) in [6.45, 7) is 3.98. The molecule has 4 heteroatoms. The van der Waals surface area contributed by atoms with E-state index in [9.17, 15) is 9.18 Å². The molecule has 0 aliphatic carbocycles. The lowest BCUT2D eigenvalue weighted by atomic mass is 9.87. The smallest absolute Gasteiger partial charge is 0.248 e. The highest BCUT2D eigenvalue weighted by atomic mass is 19.1. The molecule has 126 valence electrons. The quantitative estimate of drug-likeness (QED) is 0.766. The number of carbonyl (C=O) groups excluding carboxylic acids is 1. The van der Waals surface area contributed by atoms with Crippen LogP contribution in [0.25, 0.3) is 11.1 Å². The number of aromatic nitrogens is 1. The zero-order valence-electron chi connectivity index (χ0n) is 14.2. The van der Waals surface area contributed by atoms with Gasteiger partial charge in [-0.15, -0.1) is 0 Å². The van der Waals surface area contributed by atoms with Gasteiger partial charge in [-0.05, 0) is 65.1 Å². The first-order valence-corrected chi connectivity index (χ1v) is 8.07. The second-order valence-corrected chi connectivity index (χ2v) is 6.13. The van der Waals surface area contributed by atoms with Gasteiger partial charge in [0.1, 0.15) is 5.82 Å². The Kier molecular flexibility index (Phi) is 4.61. The van der Waals surface area contributed by atoms with Gasteiger partial charge in [-0.1, -0.05) is 25.1 Å². The van der Waals surface area contributed by atoms with Crippen molar-refractivity contribution in [1.29, 1.82) is 0 Å². The van der Waals surface area contributed by atoms with Crippen LogP contribution in [0.4, 0.5) is 4.39 Å². The minimum absolute atomic E-state index is 0.0924. The fourth-order valence-electron chi connectivity index (χ4n) is 3.04. The Morgan fingerprint density at radius 1 is 1.12 bits per heavy atom. The van der Waals surface area contributed by atoms with Crippen molar-refractivity contribution < 1.29 is 9.18 Å². The molecule has 1 amide bonds. The molecule has 3 nitrogen and oxygen atoms in total. The molecule has 2 N–H and O–H groups in total. The molecule has 1 atom stereocenters. The van der Waals surface area contributed by atoms with Crippen molar-refractivity contribution in [3.63, 3.8) is 0 Å². The Balaban J connectivity index is 2.12. The summed E-state index contributed by atoms with van der Waals surface area (Å²) in [7, 11) is 0. The number of halogens is 1. The fraction of sp³-hybridized carbons (Fsp3) is 0.143. The van der Waals surface area contributed by atoms with E-state index in [4.69, 9.17) is 5.73 Å². The summed E-state index contributed by atoms with van der Waals surface area (Å²) in [5, 5.41) is 0. The van der Waals surface area contributed by atoms with Crippen molar-refractivity contribution in [1.82, 2.24) is 4.98 Å². The van der Waals surface area contributed by atoms with Gasteiger partial charge >= 0.3 is 0 Å². The first-order chi connectivity index (χ1) is 12.0. The lowest BCUT2D eigenvalue weighted by molar-refractivity contribution is 0.0999. The van der Waals surface area contributed by atoms with E-state index in [1.54, 1.807) is 30.6 Å². The van der Waals surface area contributed by atoms with Crippen LogP contribution in [0.1, 0.15) is 39.9 Å². The van der Waals surface area contributed by atoms with Gasteiger partial charge in [-0.2, -0.15) is 0 Å². The van der Waals surface area contributed by atoms with Gasteiger partial charge in [0.2, 0.25) is 5.91 Å². The zero-order valence-corrected chi connectivity index (χ0v) is 14.2. The number of amides is 1. The van der Waals surface area contributed by atoms with Crippen LogP contribution in [-0.2, 0) is 0 Å². The maximum atomic E-state index is 13.2. The number of nitrogens with zero attached hydrogens (tertiary/aromatic N) is 1. The van der Waals surface area contributed by atoms with Crippen molar-refractivity contribution in [2.75, 3.05) is 0 Å². The molecule has 1 aromatic heterocycles. The first kappa shape index (κ1) is 16.8. The van der Waals surface area contributed by atoms with Crippen LogP contribution < -0.4 is 5.73 Å². The van der Waals surface area contributed by atoms with E-state index in [0.29, 0.717) is 5.56 Å². The van der Waals surface area contributed by atoms with E-state index < -0.39 is 5.91 Å². The summed E-state index contributed by atoms with van der Waals surface area (Å²) in [6, 6.07) is 13.9. The summed E-state index contributed by atoms with van der Waals surface area (Å²) >= 11 is 0. The molecule has 3 aromatic rings. The van der Waals surface area contributed by atoms with Crippen LogP contribution in [0.3, 0.4) is 0 Å². The van der Waals surface area contributed by atoms with E-state index in [-0.39, 0.29) is 11.7 Å². The maximum absolute atomic E-state index is 13.2. The van der Waals surface area contributed by atoms with Crippen LogP contribution in [-0.4, -0.2) is 10.9 Å². The summed E-state index contributed by atoms with van der Waals surface area (Å²) < 4.78 is 13.2. The largest absolute Gasteiger partial charge is 0.366 e. The zero-order chi connectivity index (χ0) is 18.0. The van der Waals surface area contributed by atoms with Crippen molar-refractivity contribution in [3.8, 4) is 11.1 Å². The monoisotopic (exact) mass is 334 g/mol. The standard InChI is InChI=1S/C21H19FN2O/c1-13-12-24-10-9-18(13)16-5-8-19(21(23)25)20(11-16)14(2)15-3-6-17(22)7-4-15/h3-12,14H,1-2H3,(H2,23,25)/t14-/m0/s1. The number of carbonyl (C=O) groups is 1. The molecule has 0 radical (unpaired) electrons. The number of hydrogen-bond acceptors (Lipinski definition) is 2. The Morgan fingerprint density at radius 2 is 1.84 bits per heavy atom. The maximum Gasteiger partial charge on any atom is 0.248 e. The van der Waals surface area contributed by atoms with Gasteiger partial charge in [-0.25, -0.2) is 4.39 Å². The van der Waals surface area contributed by atoms with Crippen LogP contribution in [0.5, 0.6) is 0 Å². The third-order valence-corrected chi connectivity index (χ3v) is 4.48. The topological polar surface area (TPSA) is 56.0 Å². The molecule has 0 aliphatic rings. The van der Waals surface area contributed by atoms with E-state index >= 15 is 0 Å². The molecule has 0 aliphatic heterocycles. The van der Waals surface area contributed by atoms with Gasteiger partial charge < -0.3 is 5.73 Å². The predicted octanol–water partition coefficient (Wildman–Crippen LogP) is 4.45. The summed E-state index contributed by atoms with van der Waals surface area (Å²) in [5.41, 5.74) is 10.9. The number of hydrogen-bond donors (Lipinski definition) is 1. The Bertz CT molecular complexity index is 919. The molecular formula is C21H19FN2O. The van der Waals surface area contributed by atoms with E-state index in [2.05, 4.69) is 4.98 Å². The molecule has 2 aromatic carbocycles. The second-order valence-electron chi connectivity index (χ2n) is 6.13. The molecule has 1 heterocycles. The number of primary amides is 1. The van der Waals surface area contributed by atoms with Crippen molar-refractivity contribution in [2.45, 2.75) is 19.8 Å². The van der Waals surface area contributed by atoms with Gasteiger partial charge in [0.15, 0.2) is 0 Å². The highest BCUT2D eigenvalue weighted by molar-refractivity contribution is 5.95. The van der Waals surface area contributed by atoms with Crippen molar-refractivity contribution in [2.24, 2.45) is 5.73 Å². The molecule has 0 spiro atoms. The lowest BCUT2D eigenvalue weighted by Crippen LogP contribution is -2.15. The highest BCUT2D eigenvalue weighted by Gasteiger charge is 2.17. The third-order valence-electron chi connectivity index (χ3n) is 4.48. The molecule has 25 heavy (non-hydrogen) atoms. The first-order valence-electron chi connectivity index (χ1n) is 8.07. The fourth-order valence-corrected chi connectivity index (χ4v) is 3.04. The Hall–Kier alpha value is -3.01. The third kappa shape index (κ3) is 3.43. The average molecular weight is 334 g/mol. The Labute approximate surface area is 146 Å². The van der Waals surface area contributed by atoms with Gasteiger partial charge in [-0.3, -0.25) is 9.78 Å². The SMILES string of the molecule is Cc1cnccc1-c1ccc(C(N)=O)c([C@@H](C)c2ccc(F)cc2)c1. The molecule has 0 saturated heterocycles. The summed E-state index contributed by atoms with van der Waals surface area (Å²) in [5.74, 6) is -0.848. The predicted molar refractivity (Wildman–Crippen MR) is 96.8 cm³/mol. The van der Waals surface area contributed by atoms with Gasteiger partial charge in [0.25, 0.3) is 0 Å². The van der Waals surface area contributed by atoms with Crippen LogP contribution in [0, 0.1) is 12.7 Å². The molecule has 0 saturated carbocycles. The highest BCUT2D eigenvalue weighted by Crippen LogP contribution is 2.32. The van der Waals surface area contributed by atoms with Crippen molar-refractivity contribution in [3.05, 3.63) is 89.0 Å². The van der Waals surface area contributed by atoms with Crippen LogP contribution >= 0.6 is 0 Å². The normalized spacial score (nSPS) is 12.0. The number of pyridine rings is 1. The number of rotatable bonds is 4.